The van der Waals surface area contributed by atoms with Crippen LogP contribution in [0.4, 0.5) is 13.2 Å². The Balaban J connectivity index is 0.000000345. The van der Waals surface area contributed by atoms with E-state index in [1.54, 1.807) is 6.33 Å². The molecule has 1 aliphatic rings. The van der Waals surface area contributed by atoms with Crippen molar-refractivity contribution in [1.29, 1.82) is 0 Å². The van der Waals surface area contributed by atoms with E-state index >= 15 is 0 Å². The van der Waals surface area contributed by atoms with E-state index < -0.39 is 12.1 Å². The van der Waals surface area contributed by atoms with Crippen LogP contribution in [0.5, 0.6) is 0 Å². The third-order valence-corrected chi connectivity index (χ3v) is 4.83. The number of alkyl halides is 3. The van der Waals surface area contributed by atoms with Crippen molar-refractivity contribution in [2.75, 3.05) is 6.61 Å². The van der Waals surface area contributed by atoms with Crippen LogP contribution >= 0.6 is 23.4 Å². The van der Waals surface area contributed by atoms with E-state index in [-0.39, 0.29) is 5.56 Å². The van der Waals surface area contributed by atoms with E-state index in [4.69, 9.17) is 26.2 Å². The number of thioether (sulfide) groups is 1. The van der Waals surface area contributed by atoms with Crippen LogP contribution < -0.4 is 5.56 Å². The topological polar surface area (TPSA) is 110 Å². The number of carboxylic acid groups (broad SMARTS) is 1. The van der Waals surface area contributed by atoms with Gasteiger partial charge in [-0.2, -0.15) is 13.2 Å². The predicted molar refractivity (Wildman–Crippen MR) is 94.4 cm³/mol. The van der Waals surface area contributed by atoms with Gasteiger partial charge >= 0.3 is 12.1 Å². The van der Waals surface area contributed by atoms with Crippen LogP contribution in [0.25, 0.3) is 0 Å². The highest BCUT2D eigenvalue weighted by molar-refractivity contribution is 7.98. The minimum atomic E-state index is -5.08. The van der Waals surface area contributed by atoms with Crippen molar-refractivity contribution in [3.05, 3.63) is 38.8 Å². The molecule has 3 rings (SSSR count). The number of rotatable bonds is 4. The predicted octanol–water partition coefficient (Wildman–Crippen LogP) is 2.64. The molecule has 0 saturated carbocycles. The number of hydrogen-bond acceptors (Lipinski definition) is 6. The number of aryl methyl sites for hydroxylation is 1. The molecule has 8 nitrogen and oxygen atoms in total. The second-order valence-corrected chi connectivity index (χ2v) is 6.78. The summed E-state index contributed by atoms with van der Waals surface area (Å²) in [6, 6.07) is 0. The average molecular weight is 441 g/mol. The molecule has 0 spiro atoms. The summed E-state index contributed by atoms with van der Waals surface area (Å²) in [5, 5.41) is 8.23. The van der Waals surface area contributed by atoms with Crippen LogP contribution in [0.15, 0.2) is 16.3 Å². The lowest BCUT2D eigenvalue weighted by atomic mass is 10.1. The molecule has 2 aromatic heterocycles. The Bertz CT molecular complexity index is 900. The number of aliphatic carboxylic acids is 1. The number of aromatic amines is 1. The molecule has 0 aliphatic carbocycles. The highest BCUT2D eigenvalue weighted by atomic mass is 35.5. The lowest BCUT2D eigenvalue weighted by molar-refractivity contribution is -0.192. The first-order valence-corrected chi connectivity index (χ1v) is 9.32. The Morgan fingerprint density at radius 3 is 2.79 bits per heavy atom. The van der Waals surface area contributed by atoms with Crippen LogP contribution in [-0.2, 0) is 34.9 Å². The molecular formula is C15H16ClF3N4O4S. The first-order chi connectivity index (χ1) is 13.1. The minimum Gasteiger partial charge on any atom is -0.475 e. The van der Waals surface area contributed by atoms with Gasteiger partial charge in [0.05, 0.1) is 36.5 Å². The number of nitrogens with one attached hydrogen (secondary N) is 1. The number of imidazole rings is 1. The molecule has 0 atom stereocenters. The summed E-state index contributed by atoms with van der Waals surface area (Å²) in [5.41, 5.74) is 2.30. The number of fused-ring (bicyclic) bond motifs is 1. The second-order valence-electron chi connectivity index (χ2n) is 5.46. The zero-order valence-electron chi connectivity index (χ0n) is 14.5. The number of nitrogens with zero attached hydrogens (tertiary/aromatic N) is 3. The van der Waals surface area contributed by atoms with Crippen LogP contribution in [0, 0.1) is 0 Å². The fraction of sp³-hybridized carbons (Fsp3) is 0.467. The molecule has 2 aromatic rings. The first kappa shape index (κ1) is 22.2. The van der Waals surface area contributed by atoms with Crippen LogP contribution in [-0.4, -0.2) is 43.4 Å². The van der Waals surface area contributed by atoms with Gasteiger partial charge in [-0.1, -0.05) is 23.4 Å². The molecule has 13 heteroatoms. The Morgan fingerprint density at radius 2 is 2.18 bits per heavy atom. The summed E-state index contributed by atoms with van der Waals surface area (Å²) in [5.74, 6) is -2.14. The van der Waals surface area contributed by atoms with Gasteiger partial charge in [-0.3, -0.25) is 4.79 Å². The van der Waals surface area contributed by atoms with E-state index in [0.717, 1.165) is 17.9 Å². The van der Waals surface area contributed by atoms with Gasteiger partial charge < -0.3 is 19.4 Å². The van der Waals surface area contributed by atoms with Crippen molar-refractivity contribution in [1.82, 2.24) is 19.5 Å². The van der Waals surface area contributed by atoms with E-state index in [2.05, 4.69) is 15.0 Å². The first-order valence-electron chi connectivity index (χ1n) is 7.95. The summed E-state index contributed by atoms with van der Waals surface area (Å²) in [4.78, 5) is 32.3. The molecule has 0 bridgehead atoms. The van der Waals surface area contributed by atoms with Gasteiger partial charge in [-0.05, 0) is 6.92 Å². The zero-order chi connectivity index (χ0) is 20.9. The van der Waals surface area contributed by atoms with E-state index in [9.17, 15) is 18.0 Å². The fourth-order valence-corrected chi connectivity index (χ4v) is 3.44. The van der Waals surface area contributed by atoms with Crippen molar-refractivity contribution in [2.45, 2.75) is 43.6 Å². The lowest BCUT2D eigenvalue weighted by Gasteiger charge is -2.15. The minimum absolute atomic E-state index is 0.114. The number of halogens is 4. The molecule has 0 radical (unpaired) electrons. The van der Waals surface area contributed by atoms with Crippen molar-refractivity contribution in [3.63, 3.8) is 0 Å². The van der Waals surface area contributed by atoms with Gasteiger partial charge in [0, 0.05) is 18.7 Å². The van der Waals surface area contributed by atoms with E-state index in [1.807, 2.05) is 11.5 Å². The molecule has 0 aromatic carbocycles. The van der Waals surface area contributed by atoms with Gasteiger partial charge in [0.2, 0.25) is 0 Å². The summed E-state index contributed by atoms with van der Waals surface area (Å²) in [6.45, 7) is 3.80. The Labute approximate surface area is 166 Å². The number of hydrogen-bond donors (Lipinski definition) is 2. The third-order valence-electron chi connectivity index (χ3n) is 3.63. The van der Waals surface area contributed by atoms with Crippen molar-refractivity contribution >= 4 is 29.3 Å². The molecule has 0 amide bonds. The molecule has 1 aliphatic heterocycles. The van der Waals surface area contributed by atoms with E-state index in [0.29, 0.717) is 41.3 Å². The number of carbonyl (C=O) groups is 1. The summed E-state index contributed by atoms with van der Waals surface area (Å²) >= 11 is 7.54. The maximum Gasteiger partial charge on any atom is 0.490 e. The van der Waals surface area contributed by atoms with Crippen LogP contribution in [0.3, 0.4) is 0 Å². The molecule has 154 valence electrons. The van der Waals surface area contributed by atoms with Gasteiger partial charge in [0.15, 0.2) is 10.3 Å². The Hall–Kier alpha value is -2.05. The summed E-state index contributed by atoms with van der Waals surface area (Å²) in [7, 11) is 0. The standard InChI is InChI=1S/C13H15ClN4O2S.C2HF3O2/c1-2-18-7-15-11(14)10(18)6-21-13-16-9-3-4-20-5-8(9)12(19)17-13;3-2(4,5)1(6)7/h7H,2-6H2,1H3,(H,16,17,19);(H,6,7). The molecule has 0 fully saturated rings. The fourth-order valence-electron chi connectivity index (χ4n) is 2.22. The van der Waals surface area contributed by atoms with E-state index in [1.165, 1.54) is 11.8 Å². The molecule has 0 unspecified atom stereocenters. The number of carboxylic acids is 1. The van der Waals surface area contributed by atoms with Crippen molar-refractivity contribution in [3.8, 4) is 0 Å². The third kappa shape index (κ3) is 5.72. The Morgan fingerprint density at radius 1 is 1.50 bits per heavy atom. The number of aromatic nitrogens is 4. The quantitative estimate of drug-likeness (QED) is 0.555. The maximum atomic E-state index is 12.0. The summed E-state index contributed by atoms with van der Waals surface area (Å²) in [6.07, 6.45) is -2.68. The van der Waals surface area contributed by atoms with Gasteiger partial charge in [0.25, 0.3) is 5.56 Å². The maximum absolute atomic E-state index is 12.0. The Kier molecular flexibility index (Phi) is 7.49. The largest absolute Gasteiger partial charge is 0.490 e. The monoisotopic (exact) mass is 440 g/mol. The normalized spacial score (nSPS) is 13.5. The van der Waals surface area contributed by atoms with Crippen LogP contribution in [0.1, 0.15) is 23.9 Å². The highest BCUT2D eigenvalue weighted by Crippen LogP contribution is 2.24. The number of ether oxygens (including phenoxy) is 1. The second kappa shape index (κ2) is 9.43. The summed E-state index contributed by atoms with van der Waals surface area (Å²) < 4.78 is 39.0. The lowest BCUT2D eigenvalue weighted by Crippen LogP contribution is -2.24. The number of H-pyrrole nitrogens is 1. The zero-order valence-corrected chi connectivity index (χ0v) is 16.1. The highest BCUT2D eigenvalue weighted by Gasteiger charge is 2.38. The molecular weight excluding hydrogens is 425 g/mol. The van der Waals surface area contributed by atoms with Gasteiger partial charge in [-0.25, -0.2) is 14.8 Å². The van der Waals surface area contributed by atoms with Gasteiger partial charge in [-0.15, -0.1) is 0 Å². The van der Waals surface area contributed by atoms with Gasteiger partial charge in [0.1, 0.15) is 0 Å². The molecule has 2 N–H and O–H groups in total. The molecule has 0 saturated heterocycles. The molecule has 3 heterocycles. The molecule has 28 heavy (non-hydrogen) atoms. The van der Waals surface area contributed by atoms with Crippen molar-refractivity contribution < 1.29 is 27.8 Å². The SMILES string of the molecule is CCn1cnc(Cl)c1CSc1nc2c(c(=O)[nH]1)COCC2.O=C(O)C(F)(F)F. The van der Waals surface area contributed by atoms with Crippen LogP contribution in [0.2, 0.25) is 5.15 Å². The average Bonchev–Trinajstić information content (AvgIpc) is 2.99. The van der Waals surface area contributed by atoms with Crippen molar-refractivity contribution in [2.24, 2.45) is 0 Å². The smallest absolute Gasteiger partial charge is 0.475 e.